The summed E-state index contributed by atoms with van der Waals surface area (Å²) in [5.41, 5.74) is 0.611. The molecule has 1 aromatic carbocycles. The van der Waals surface area contributed by atoms with Crippen molar-refractivity contribution in [3.63, 3.8) is 0 Å². The average molecular weight is 478 g/mol. The van der Waals surface area contributed by atoms with Crippen molar-refractivity contribution in [1.29, 1.82) is 0 Å². The maximum atomic E-state index is 11.9. The van der Waals surface area contributed by atoms with Gasteiger partial charge in [0.2, 0.25) is 21.9 Å². The summed E-state index contributed by atoms with van der Waals surface area (Å²) in [5, 5.41) is 12.9. The molecule has 1 atom stereocenters. The molecule has 2 aliphatic heterocycles. The zero-order valence-electron chi connectivity index (χ0n) is 18.3. The summed E-state index contributed by atoms with van der Waals surface area (Å²) >= 11 is 0. The van der Waals surface area contributed by atoms with Gasteiger partial charge in [0.05, 0.1) is 19.5 Å². The van der Waals surface area contributed by atoms with Crippen LogP contribution in [-0.4, -0.2) is 109 Å². The number of aromatic nitrogens is 3. The summed E-state index contributed by atoms with van der Waals surface area (Å²) in [7, 11) is -3.27. The van der Waals surface area contributed by atoms with Crippen molar-refractivity contribution in [3.8, 4) is 17.1 Å². The van der Waals surface area contributed by atoms with Gasteiger partial charge < -0.3 is 20.1 Å². The quantitative estimate of drug-likeness (QED) is 0.503. The van der Waals surface area contributed by atoms with Crippen molar-refractivity contribution >= 4 is 28.2 Å². The lowest BCUT2D eigenvalue weighted by Crippen LogP contribution is -2.54. The molecule has 0 amide bonds. The fraction of sp³-hybridized carbons (Fsp3) is 0.500. The number of rotatable bonds is 7. The molecule has 12 nitrogen and oxygen atoms in total. The van der Waals surface area contributed by atoms with Crippen LogP contribution in [0.1, 0.15) is 0 Å². The van der Waals surface area contributed by atoms with E-state index < -0.39 is 16.2 Å². The van der Waals surface area contributed by atoms with Gasteiger partial charge in [-0.3, -0.25) is 9.69 Å². The van der Waals surface area contributed by atoms with Gasteiger partial charge in [-0.15, -0.1) is 0 Å². The van der Waals surface area contributed by atoms with Crippen molar-refractivity contribution in [1.82, 2.24) is 24.2 Å². The van der Waals surface area contributed by atoms with Crippen LogP contribution in [0.15, 0.2) is 24.3 Å². The number of anilines is 2. The topological polar surface area (TPSA) is 141 Å². The molecule has 0 saturated carbocycles. The maximum absolute atomic E-state index is 11.9. The zero-order chi connectivity index (χ0) is 23.4. The Bertz CT molecular complexity index is 1090. The number of benzene rings is 1. The molecular weight excluding hydrogens is 450 g/mol. The number of carbonyl (C=O) groups is 1. The van der Waals surface area contributed by atoms with Gasteiger partial charge in [0.15, 0.2) is 12.1 Å². The molecule has 178 valence electrons. The van der Waals surface area contributed by atoms with Gasteiger partial charge in [0, 0.05) is 44.8 Å². The highest BCUT2D eigenvalue weighted by Crippen LogP contribution is 2.24. The first-order valence-corrected chi connectivity index (χ1v) is 12.5. The van der Waals surface area contributed by atoms with Crippen LogP contribution < -0.4 is 10.2 Å². The van der Waals surface area contributed by atoms with Crippen LogP contribution in [-0.2, 0) is 19.6 Å². The van der Waals surface area contributed by atoms with E-state index in [1.54, 1.807) is 24.3 Å². The van der Waals surface area contributed by atoms with Gasteiger partial charge in [-0.2, -0.15) is 19.3 Å². The van der Waals surface area contributed by atoms with E-state index in [1.807, 2.05) is 9.80 Å². The Balaban J connectivity index is 1.59. The Kier molecular flexibility index (Phi) is 7.02. The molecule has 0 aliphatic carbocycles. The molecule has 2 aliphatic rings. The Labute approximate surface area is 192 Å². The molecule has 2 N–H and O–H groups in total. The number of phenolic OH excluding ortho intramolecular Hbond substituents is 1. The molecule has 0 radical (unpaired) electrons. The highest BCUT2D eigenvalue weighted by Gasteiger charge is 2.28. The average Bonchev–Trinajstić information content (AvgIpc) is 2.82. The van der Waals surface area contributed by atoms with Crippen LogP contribution in [0.5, 0.6) is 5.75 Å². The van der Waals surface area contributed by atoms with Crippen LogP contribution in [0.3, 0.4) is 0 Å². The Hall–Kier alpha value is -2.87. The number of phenols is 1. The normalized spacial score (nSPS) is 19.2. The Morgan fingerprint density at radius 3 is 2.45 bits per heavy atom. The second-order valence-electron chi connectivity index (χ2n) is 7.86. The Morgan fingerprint density at radius 2 is 1.82 bits per heavy atom. The van der Waals surface area contributed by atoms with E-state index in [-0.39, 0.29) is 11.7 Å². The number of aldehydes is 1. The molecule has 1 aromatic heterocycles. The third-order valence-electron chi connectivity index (χ3n) is 5.56. The molecule has 4 rings (SSSR count). The van der Waals surface area contributed by atoms with Crippen LogP contribution in [0.4, 0.5) is 11.9 Å². The number of nitrogens with zero attached hydrogens (tertiary/aromatic N) is 6. The maximum Gasteiger partial charge on any atom is 0.230 e. The lowest BCUT2D eigenvalue weighted by Gasteiger charge is -2.36. The molecule has 2 fully saturated rings. The number of carbonyl (C=O) groups excluding carboxylic acids is 1. The second kappa shape index (κ2) is 9.95. The third-order valence-corrected chi connectivity index (χ3v) is 6.87. The minimum absolute atomic E-state index is 0.0878. The van der Waals surface area contributed by atoms with Crippen LogP contribution in [0.25, 0.3) is 11.4 Å². The second-order valence-corrected chi connectivity index (χ2v) is 9.84. The molecule has 2 aromatic rings. The van der Waals surface area contributed by atoms with E-state index in [2.05, 4.69) is 20.3 Å². The van der Waals surface area contributed by atoms with Gasteiger partial charge in [-0.05, 0) is 12.1 Å². The van der Waals surface area contributed by atoms with Crippen LogP contribution >= 0.6 is 0 Å². The Morgan fingerprint density at radius 1 is 1.09 bits per heavy atom. The molecule has 1 unspecified atom stereocenters. The number of hydrogen-bond donors (Lipinski definition) is 2. The first-order chi connectivity index (χ1) is 15.8. The monoisotopic (exact) mass is 477 g/mol. The van der Waals surface area contributed by atoms with Crippen molar-refractivity contribution in [2.45, 2.75) is 6.17 Å². The zero-order valence-corrected chi connectivity index (χ0v) is 19.1. The highest BCUT2D eigenvalue weighted by atomic mass is 32.2. The SMILES string of the molecule is CS(=O)(=O)N1CCN(C(C=O)Nc2nc(-c3cccc(O)c3)nc(N3CCOCC3)n2)CC1. The fourth-order valence-corrected chi connectivity index (χ4v) is 4.59. The van der Waals surface area contributed by atoms with E-state index in [1.165, 1.54) is 10.6 Å². The minimum atomic E-state index is -3.27. The van der Waals surface area contributed by atoms with Gasteiger partial charge in [-0.25, -0.2) is 8.42 Å². The van der Waals surface area contributed by atoms with E-state index in [0.717, 1.165) is 6.29 Å². The molecular formula is C20H27N7O5S. The van der Waals surface area contributed by atoms with Crippen molar-refractivity contribution < 1.29 is 23.1 Å². The number of ether oxygens (including phenoxy) is 1. The summed E-state index contributed by atoms with van der Waals surface area (Å²) < 4.78 is 30.4. The number of aromatic hydroxyl groups is 1. The van der Waals surface area contributed by atoms with Crippen molar-refractivity contribution in [2.75, 3.05) is 69.0 Å². The number of nitrogens with one attached hydrogen (secondary N) is 1. The minimum Gasteiger partial charge on any atom is -0.508 e. The van der Waals surface area contributed by atoms with Gasteiger partial charge in [0.1, 0.15) is 11.9 Å². The first kappa shape index (κ1) is 23.3. The van der Waals surface area contributed by atoms with Gasteiger partial charge in [-0.1, -0.05) is 12.1 Å². The summed E-state index contributed by atoms with van der Waals surface area (Å²) in [4.78, 5) is 29.3. The molecule has 33 heavy (non-hydrogen) atoms. The summed E-state index contributed by atoms with van der Waals surface area (Å²) in [6.45, 7) is 3.73. The summed E-state index contributed by atoms with van der Waals surface area (Å²) in [6, 6.07) is 6.60. The van der Waals surface area contributed by atoms with E-state index in [0.29, 0.717) is 69.8 Å². The van der Waals surface area contributed by atoms with Crippen LogP contribution in [0, 0.1) is 0 Å². The van der Waals surface area contributed by atoms with E-state index >= 15 is 0 Å². The molecule has 2 saturated heterocycles. The molecule has 0 bridgehead atoms. The lowest BCUT2D eigenvalue weighted by molar-refractivity contribution is -0.112. The number of hydrogen-bond acceptors (Lipinski definition) is 11. The standard InChI is InChI=1S/C20H27N7O5S/c1-33(30,31)27-7-5-25(6-8-27)17(14-28)21-19-22-18(15-3-2-4-16(29)13-15)23-20(24-19)26-9-11-32-12-10-26/h2-4,13-14,17,29H,5-12H2,1H3,(H,21,22,23,24). The highest BCUT2D eigenvalue weighted by molar-refractivity contribution is 7.88. The smallest absolute Gasteiger partial charge is 0.230 e. The summed E-state index contributed by atoms with van der Waals surface area (Å²) in [5.74, 6) is 1.11. The first-order valence-electron chi connectivity index (χ1n) is 10.6. The van der Waals surface area contributed by atoms with Gasteiger partial charge >= 0.3 is 0 Å². The molecule has 3 heterocycles. The fourth-order valence-electron chi connectivity index (χ4n) is 3.77. The summed E-state index contributed by atoms with van der Waals surface area (Å²) in [6.07, 6.45) is 1.20. The van der Waals surface area contributed by atoms with Crippen LogP contribution in [0.2, 0.25) is 0 Å². The molecule has 0 spiro atoms. The van der Waals surface area contributed by atoms with Gasteiger partial charge in [0.25, 0.3) is 0 Å². The van der Waals surface area contributed by atoms with Crippen molar-refractivity contribution in [2.24, 2.45) is 0 Å². The van der Waals surface area contributed by atoms with E-state index in [4.69, 9.17) is 4.74 Å². The number of piperazine rings is 1. The predicted octanol–water partition coefficient (Wildman–Crippen LogP) is -0.405. The lowest BCUT2D eigenvalue weighted by atomic mass is 10.2. The molecule has 13 heteroatoms. The van der Waals surface area contributed by atoms with E-state index in [9.17, 15) is 18.3 Å². The predicted molar refractivity (Wildman–Crippen MR) is 121 cm³/mol. The third kappa shape index (κ3) is 5.74. The van der Waals surface area contributed by atoms with Crippen molar-refractivity contribution in [3.05, 3.63) is 24.3 Å². The largest absolute Gasteiger partial charge is 0.508 e. The number of sulfonamides is 1. The number of morpholine rings is 1.